The van der Waals surface area contributed by atoms with Gasteiger partial charge in [0.25, 0.3) is 0 Å². The Morgan fingerprint density at radius 3 is 2.19 bits per heavy atom. The lowest BCUT2D eigenvalue weighted by Crippen LogP contribution is -2.10. The fraction of sp³-hybridized carbons (Fsp3) is 0.185. The summed E-state index contributed by atoms with van der Waals surface area (Å²) >= 11 is 6.30. The molecule has 4 aromatic rings. The standard InChI is InChI=1S/C27H25ClN2O7/c1-33-22-10-6-9-18(27(22)36-4)21-13-20(29-30(21)17-8-5-7-16(28)11-17)19-12-24(34-2)25(35-3)14-23(19)37-15-26(31)32/h5-14H,15H2,1-4H3,(H,31,32). The maximum Gasteiger partial charge on any atom is 0.341 e. The Kier molecular flexibility index (Phi) is 7.74. The van der Waals surface area contributed by atoms with E-state index in [1.54, 1.807) is 49.2 Å². The summed E-state index contributed by atoms with van der Waals surface area (Å²) in [5.41, 5.74) is 3.08. The van der Waals surface area contributed by atoms with Gasteiger partial charge in [0.15, 0.2) is 29.6 Å². The predicted molar refractivity (Wildman–Crippen MR) is 139 cm³/mol. The van der Waals surface area contributed by atoms with E-state index in [4.69, 9.17) is 40.4 Å². The van der Waals surface area contributed by atoms with E-state index in [1.165, 1.54) is 14.2 Å². The average Bonchev–Trinajstić information content (AvgIpc) is 3.35. The van der Waals surface area contributed by atoms with Crippen LogP contribution >= 0.6 is 11.6 Å². The first kappa shape index (κ1) is 25.7. The second-order valence-electron chi connectivity index (χ2n) is 7.73. The van der Waals surface area contributed by atoms with Crippen LogP contribution in [0.1, 0.15) is 0 Å². The van der Waals surface area contributed by atoms with Gasteiger partial charge < -0.3 is 28.8 Å². The van der Waals surface area contributed by atoms with E-state index in [2.05, 4.69) is 0 Å². The molecule has 0 fully saturated rings. The monoisotopic (exact) mass is 524 g/mol. The molecule has 192 valence electrons. The molecule has 37 heavy (non-hydrogen) atoms. The molecule has 10 heteroatoms. The van der Waals surface area contributed by atoms with Crippen molar-refractivity contribution in [3.8, 4) is 56.9 Å². The summed E-state index contributed by atoms with van der Waals surface area (Å²) in [6.07, 6.45) is 0. The Morgan fingerprint density at radius 2 is 1.54 bits per heavy atom. The number of hydrogen-bond acceptors (Lipinski definition) is 7. The molecule has 1 N–H and O–H groups in total. The molecule has 4 rings (SSSR count). The summed E-state index contributed by atoms with van der Waals surface area (Å²) in [5.74, 6) is 1.03. The number of aliphatic carboxylic acids is 1. The van der Waals surface area contributed by atoms with Crippen LogP contribution in [0.3, 0.4) is 0 Å². The molecule has 0 spiro atoms. The minimum Gasteiger partial charge on any atom is -0.493 e. The van der Waals surface area contributed by atoms with E-state index < -0.39 is 12.6 Å². The zero-order valence-corrected chi connectivity index (χ0v) is 21.4. The number of carbonyl (C=O) groups is 1. The molecule has 0 amide bonds. The molecule has 3 aromatic carbocycles. The van der Waals surface area contributed by atoms with Crippen LogP contribution in [-0.4, -0.2) is 55.9 Å². The first-order valence-electron chi connectivity index (χ1n) is 11.1. The highest BCUT2D eigenvalue weighted by Crippen LogP contribution is 2.43. The lowest BCUT2D eigenvalue weighted by Gasteiger charge is -2.14. The molecule has 1 heterocycles. The summed E-state index contributed by atoms with van der Waals surface area (Å²) in [5, 5.41) is 14.6. The number of para-hydroxylation sites is 1. The molecule has 0 saturated carbocycles. The number of nitrogens with zero attached hydrogens (tertiary/aromatic N) is 2. The van der Waals surface area contributed by atoms with Crippen LogP contribution < -0.4 is 23.7 Å². The van der Waals surface area contributed by atoms with Gasteiger partial charge >= 0.3 is 5.97 Å². The molecule has 0 atom stereocenters. The Bertz CT molecular complexity index is 1430. The molecule has 0 aliphatic heterocycles. The van der Waals surface area contributed by atoms with Crippen LogP contribution in [-0.2, 0) is 4.79 Å². The third-order valence-electron chi connectivity index (χ3n) is 5.55. The molecule has 0 radical (unpaired) electrons. The average molecular weight is 525 g/mol. The lowest BCUT2D eigenvalue weighted by molar-refractivity contribution is -0.139. The van der Waals surface area contributed by atoms with Gasteiger partial charge in [0.2, 0.25) is 0 Å². The summed E-state index contributed by atoms with van der Waals surface area (Å²) < 4.78 is 29.4. The fourth-order valence-corrected chi connectivity index (χ4v) is 4.10. The van der Waals surface area contributed by atoms with E-state index in [9.17, 15) is 9.90 Å². The Morgan fingerprint density at radius 1 is 0.838 bits per heavy atom. The molecule has 0 unspecified atom stereocenters. The summed E-state index contributed by atoms with van der Waals surface area (Å²) in [6.45, 7) is -0.548. The van der Waals surface area contributed by atoms with E-state index in [-0.39, 0.29) is 5.75 Å². The number of benzene rings is 3. The van der Waals surface area contributed by atoms with E-state index in [0.29, 0.717) is 56.2 Å². The van der Waals surface area contributed by atoms with E-state index >= 15 is 0 Å². The predicted octanol–water partition coefficient (Wildman–Crippen LogP) is 5.36. The van der Waals surface area contributed by atoms with Crippen LogP contribution in [0.2, 0.25) is 5.02 Å². The summed E-state index contributed by atoms with van der Waals surface area (Å²) in [6, 6.07) is 17.9. The van der Waals surface area contributed by atoms with Crippen molar-refractivity contribution in [3.05, 3.63) is 65.7 Å². The Hall–Kier alpha value is -4.37. The molecule has 0 bridgehead atoms. The van der Waals surface area contributed by atoms with Crippen LogP contribution in [0.15, 0.2) is 60.7 Å². The molecule has 9 nitrogen and oxygen atoms in total. The number of aromatic nitrogens is 2. The fourth-order valence-electron chi connectivity index (χ4n) is 3.92. The van der Waals surface area contributed by atoms with Gasteiger partial charge in [-0.05, 0) is 42.5 Å². The van der Waals surface area contributed by atoms with Gasteiger partial charge in [0.05, 0.1) is 45.5 Å². The Labute approximate surface area is 218 Å². The van der Waals surface area contributed by atoms with Crippen LogP contribution in [0.25, 0.3) is 28.2 Å². The SMILES string of the molecule is COc1cc(OCC(=O)O)c(-c2cc(-c3cccc(OC)c3OC)n(-c3cccc(Cl)c3)n2)cc1OC. The summed E-state index contributed by atoms with van der Waals surface area (Å²) in [4.78, 5) is 11.3. The van der Waals surface area contributed by atoms with Crippen molar-refractivity contribution in [2.75, 3.05) is 35.0 Å². The van der Waals surface area contributed by atoms with Gasteiger partial charge in [-0.3, -0.25) is 0 Å². The van der Waals surface area contributed by atoms with Gasteiger partial charge in [0, 0.05) is 22.2 Å². The molecule has 1 aromatic heterocycles. The van der Waals surface area contributed by atoms with Crippen molar-refractivity contribution in [1.29, 1.82) is 0 Å². The molecule has 0 saturated heterocycles. The third kappa shape index (κ3) is 5.26. The van der Waals surface area contributed by atoms with E-state index in [1.807, 2.05) is 30.3 Å². The quantitative estimate of drug-likeness (QED) is 0.296. The topological polar surface area (TPSA) is 101 Å². The first-order chi connectivity index (χ1) is 17.9. The highest BCUT2D eigenvalue weighted by atomic mass is 35.5. The lowest BCUT2D eigenvalue weighted by atomic mass is 10.1. The van der Waals surface area contributed by atoms with Crippen molar-refractivity contribution < 1.29 is 33.6 Å². The minimum absolute atomic E-state index is 0.264. The maximum absolute atomic E-state index is 11.3. The van der Waals surface area contributed by atoms with Gasteiger partial charge in [-0.25, -0.2) is 9.48 Å². The second kappa shape index (κ2) is 11.1. The van der Waals surface area contributed by atoms with Crippen molar-refractivity contribution in [1.82, 2.24) is 9.78 Å². The largest absolute Gasteiger partial charge is 0.493 e. The maximum atomic E-state index is 11.3. The molecular formula is C27H25ClN2O7. The number of rotatable bonds is 10. The number of carboxylic acid groups (broad SMARTS) is 1. The van der Waals surface area contributed by atoms with Crippen molar-refractivity contribution >= 4 is 17.6 Å². The highest BCUT2D eigenvalue weighted by molar-refractivity contribution is 6.30. The third-order valence-corrected chi connectivity index (χ3v) is 5.79. The van der Waals surface area contributed by atoms with Gasteiger partial charge in [-0.15, -0.1) is 0 Å². The van der Waals surface area contributed by atoms with Crippen molar-refractivity contribution in [2.24, 2.45) is 0 Å². The number of hydrogen-bond donors (Lipinski definition) is 1. The minimum atomic E-state index is -1.12. The zero-order chi connectivity index (χ0) is 26.5. The molecule has 0 aliphatic rings. The van der Waals surface area contributed by atoms with Gasteiger partial charge in [0.1, 0.15) is 5.75 Å². The van der Waals surface area contributed by atoms with Crippen LogP contribution in [0, 0.1) is 0 Å². The first-order valence-corrected chi connectivity index (χ1v) is 11.5. The molecule has 0 aliphatic carbocycles. The number of carboxylic acids is 1. The summed E-state index contributed by atoms with van der Waals surface area (Å²) in [7, 11) is 6.13. The zero-order valence-electron chi connectivity index (χ0n) is 20.6. The normalized spacial score (nSPS) is 10.6. The smallest absolute Gasteiger partial charge is 0.341 e. The van der Waals surface area contributed by atoms with Crippen molar-refractivity contribution in [3.63, 3.8) is 0 Å². The van der Waals surface area contributed by atoms with Crippen molar-refractivity contribution in [2.45, 2.75) is 0 Å². The highest BCUT2D eigenvalue weighted by Gasteiger charge is 2.22. The molecular weight excluding hydrogens is 500 g/mol. The van der Waals surface area contributed by atoms with Crippen LogP contribution in [0.4, 0.5) is 0 Å². The van der Waals surface area contributed by atoms with Gasteiger partial charge in [-0.1, -0.05) is 23.7 Å². The van der Waals surface area contributed by atoms with Gasteiger partial charge in [-0.2, -0.15) is 5.10 Å². The number of methoxy groups -OCH3 is 4. The van der Waals surface area contributed by atoms with E-state index in [0.717, 1.165) is 0 Å². The van der Waals surface area contributed by atoms with Crippen LogP contribution in [0.5, 0.6) is 28.7 Å². The Balaban J connectivity index is 2.00. The second-order valence-corrected chi connectivity index (χ2v) is 8.17. The number of ether oxygens (including phenoxy) is 5. The number of halogens is 1.